The van der Waals surface area contributed by atoms with Crippen LogP contribution in [0.1, 0.15) is 20.3 Å². The normalized spacial score (nSPS) is 23.9. The fraction of sp³-hybridized carbons (Fsp3) is 0.556. The van der Waals surface area contributed by atoms with Crippen molar-refractivity contribution in [1.82, 2.24) is 5.01 Å². The lowest BCUT2D eigenvalue weighted by Crippen LogP contribution is -2.40. The Bertz CT molecular complexity index is 221. The second-order valence-corrected chi connectivity index (χ2v) is 3.51. The number of allylic oxidation sites excluding steroid dienone is 2. The van der Waals surface area contributed by atoms with Crippen molar-refractivity contribution in [3.05, 3.63) is 22.8 Å². The third-order valence-corrected chi connectivity index (χ3v) is 2.63. The number of halogens is 1. The van der Waals surface area contributed by atoms with E-state index < -0.39 is 0 Å². The summed E-state index contributed by atoms with van der Waals surface area (Å²) in [4.78, 5) is 0. The molecule has 12 heavy (non-hydrogen) atoms. The molecule has 1 rings (SSSR count). The molecule has 0 amide bonds. The van der Waals surface area contributed by atoms with Crippen LogP contribution in [0.2, 0.25) is 0 Å². The summed E-state index contributed by atoms with van der Waals surface area (Å²) in [5, 5.41) is 2.72. The average molecular weight is 187 g/mol. The number of hydrogen-bond donors (Lipinski definition) is 1. The van der Waals surface area contributed by atoms with Gasteiger partial charge in [0.15, 0.2) is 0 Å². The Morgan fingerprint density at radius 1 is 1.75 bits per heavy atom. The maximum atomic E-state index is 6.01. The van der Waals surface area contributed by atoms with Gasteiger partial charge in [0.25, 0.3) is 0 Å². The second kappa shape index (κ2) is 4.08. The molecule has 68 valence electrons. The molecular formula is C9H15ClN2. The van der Waals surface area contributed by atoms with E-state index in [-0.39, 0.29) is 6.04 Å². The van der Waals surface area contributed by atoms with E-state index in [1.54, 1.807) is 5.01 Å². The van der Waals surface area contributed by atoms with Crippen molar-refractivity contribution >= 4 is 11.6 Å². The van der Waals surface area contributed by atoms with Crippen LogP contribution in [0.5, 0.6) is 0 Å². The third-order valence-electron chi connectivity index (χ3n) is 2.18. The minimum Gasteiger partial charge on any atom is -0.268 e. The van der Waals surface area contributed by atoms with E-state index in [0.29, 0.717) is 0 Å². The van der Waals surface area contributed by atoms with Gasteiger partial charge in [-0.25, -0.2) is 5.01 Å². The summed E-state index contributed by atoms with van der Waals surface area (Å²) in [6, 6.07) is 0.270. The van der Waals surface area contributed by atoms with E-state index in [1.165, 1.54) is 0 Å². The molecule has 0 spiro atoms. The zero-order valence-corrected chi connectivity index (χ0v) is 8.30. The first kappa shape index (κ1) is 9.78. The van der Waals surface area contributed by atoms with Crippen LogP contribution in [-0.2, 0) is 0 Å². The van der Waals surface area contributed by atoms with Gasteiger partial charge in [-0.05, 0) is 12.5 Å². The Morgan fingerprint density at radius 3 is 2.92 bits per heavy atom. The molecule has 0 fully saturated rings. The van der Waals surface area contributed by atoms with Gasteiger partial charge in [0, 0.05) is 24.0 Å². The van der Waals surface area contributed by atoms with Crippen LogP contribution in [0.4, 0.5) is 0 Å². The van der Waals surface area contributed by atoms with Crippen molar-refractivity contribution in [2.24, 2.45) is 5.84 Å². The largest absolute Gasteiger partial charge is 0.268 e. The van der Waals surface area contributed by atoms with Crippen molar-refractivity contribution in [1.29, 1.82) is 0 Å². The molecule has 0 aromatic rings. The van der Waals surface area contributed by atoms with Gasteiger partial charge in [-0.1, -0.05) is 30.7 Å². The number of nitrogens with zero attached hydrogens (tertiary/aromatic N) is 1. The SMILES string of the molecule is CCN(N)C1C=CC(C)=C(Cl)C1. The average Bonchev–Trinajstić information content (AvgIpc) is 2.08. The molecule has 1 aliphatic rings. The van der Waals surface area contributed by atoms with Gasteiger partial charge in [0.2, 0.25) is 0 Å². The second-order valence-electron chi connectivity index (χ2n) is 3.05. The van der Waals surface area contributed by atoms with Crippen molar-refractivity contribution in [2.45, 2.75) is 26.3 Å². The van der Waals surface area contributed by atoms with Crippen LogP contribution in [0.15, 0.2) is 22.8 Å². The number of hydrazine groups is 1. The van der Waals surface area contributed by atoms with Crippen LogP contribution >= 0.6 is 11.6 Å². The highest BCUT2D eigenvalue weighted by molar-refractivity contribution is 6.30. The molecule has 2 N–H and O–H groups in total. The van der Waals surface area contributed by atoms with Crippen LogP contribution in [0, 0.1) is 0 Å². The Hall–Kier alpha value is -0.310. The van der Waals surface area contributed by atoms with Crippen LogP contribution in [-0.4, -0.2) is 17.6 Å². The highest BCUT2D eigenvalue weighted by atomic mass is 35.5. The molecule has 0 radical (unpaired) electrons. The van der Waals surface area contributed by atoms with Crippen LogP contribution in [0.25, 0.3) is 0 Å². The number of hydrogen-bond acceptors (Lipinski definition) is 2. The smallest absolute Gasteiger partial charge is 0.0473 e. The predicted octanol–water partition coefficient (Wildman–Crippen LogP) is 2.02. The van der Waals surface area contributed by atoms with E-state index in [9.17, 15) is 0 Å². The van der Waals surface area contributed by atoms with E-state index in [0.717, 1.165) is 23.6 Å². The Labute approximate surface area is 78.6 Å². The molecule has 0 aromatic carbocycles. The van der Waals surface area contributed by atoms with Gasteiger partial charge in [-0.2, -0.15) is 0 Å². The number of likely N-dealkylation sites (N-methyl/N-ethyl adjacent to an activating group) is 1. The molecule has 0 aliphatic heterocycles. The Balaban J connectivity index is 2.62. The quantitative estimate of drug-likeness (QED) is 0.528. The Morgan fingerprint density at radius 2 is 2.42 bits per heavy atom. The minimum absolute atomic E-state index is 0.270. The van der Waals surface area contributed by atoms with Gasteiger partial charge in [0.1, 0.15) is 0 Å². The summed E-state index contributed by atoms with van der Waals surface area (Å²) in [6.45, 7) is 4.90. The van der Waals surface area contributed by atoms with Crippen LogP contribution < -0.4 is 5.84 Å². The standard InChI is InChI=1S/C9H15ClN2/c1-3-12(11)8-5-4-7(2)9(10)6-8/h4-5,8H,3,6,11H2,1-2H3. The van der Waals surface area contributed by atoms with Crippen molar-refractivity contribution in [3.8, 4) is 0 Å². The fourth-order valence-electron chi connectivity index (χ4n) is 1.22. The lowest BCUT2D eigenvalue weighted by molar-refractivity contribution is 0.247. The molecule has 0 aromatic heterocycles. The molecule has 1 aliphatic carbocycles. The predicted molar refractivity (Wildman–Crippen MR) is 52.7 cm³/mol. The fourth-order valence-corrected chi connectivity index (χ4v) is 1.44. The van der Waals surface area contributed by atoms with Crippen molar-refractivity contribution < 1.29 is 0 Å². The first-order chi connectivity index (χ1) is 5.65. The highest BCUT2D eigenvalue weighted by Crippen LogP contribution is 2.23. The summed E-state index contributed by atoms with van der Waals surface area (Å²) in [5.41, 5.74) is 1.15. The van der Waals surface area contributed by atoms with Gasteiger partial charge in [0.05, 0.1) is 0 Å². The molecular weight excluding hydrogens is 172 g/mol. The molecule has 0 saturated carbocycles. The molecule has 3 heteroatoms. The number of nitrogens with two attached hydrogens (primary N) is 1. The molecule has 1 unspecified atom stereocenters. The topological polar surface area (TPSA) is 29.3 Å². The summed E-state index contributed by atoms with van der Waals surface area (Å²) < 4.78 is 0. The Kier molecular flexibility index (Phi) is 3.32. The summed E-state index contributed by atoms with van der Waals surface area (Å²) in [5.74, 6) is 5.76. The summed E-state index contributed by atoms with van der Waals surface area (Å²) >= 11 is 6.01. The molecule has 0 heterocycles. The lowest BCUT2D eigenvalue weighted by atomic mass is 10.0. The minimum atomic E-state index is 0.270. The van der Waals surface area contributed by atoms with Gasteiger partial charge in [-0.15, -0.1) is 0 Å². The molecule has 2 nitrogen and oxygen atoms in total. The first-order valence-corrected chi connectivity index (χ1v) is 4.57. The summed E-state index contributed by atoms with van der Waals surface area (Å²) in [7, 11) is 0. The van der Waals surface area contributed by atoms with Gasteiger partial charge < -0.3 is 0 Å². The lowest BCUT2D eigenvalue weighted by Gasteiger charge is -2.26. The first-order valence-electron chi connectivity index (χ1n) is 4.20. The summed E-state index contributed by atoms with van der Waals surface area (Å²) in [6.07, 6.45) is 4.98. The van der Waals surface area contributed by atoms with Crippen molar-refractivity contribution in [3.63, 3.8) is 0 Å². The molecule has 0 saturated heterocycles. The van der Waals surface area contributed by atoms with E-state index in [2.05, 4.69) is 6.08 Å². The maximum absolute atomic E-state index is 6.01. The van der Waals surface area contributed by atoms with Crippen LogP contribution in [0.3, 0.4) is 0 Å². The monoisotopic (exact) mass is 186 g/mol. The van der Waals surface area contributed by atoms with Gasteiger partial charge in [-0.3, -0.25) is 5.84 Å². The maximum Gasteiger partial charge on any atom is 0.0473 e. The molecule has 0 bridgehead atoms. The molecule has 1 atom stereocenters. The van der Waals surface area contributed by atoms with E-state index in [4.69, 9.17) is 17.4 Å². The van der Waals surface area contributed by atoms with E-state index in [1.807, 2.05) is 19.9 Å². The van der Waals surface area contributed by atoms with E-state index >= 15 is 0 Å². The zero-order valence-electron chi connectivity index (χ0n) is 7.55. The van der Waals surface area contributed by atoms with Gasteiger partial charge >= 0.3 is 0 Å². The third kappa shape index (κ3) is 2.09. The van der Waals surface area contributed by atoms with Crippen molar-refractivity contribution in [2.75, 3.05) is 6.54 Å². The number of rotatable bonds is 2. The zero-order chi connectivity index (χ0) is 9.14. The highest BCUT2D eigenvalue weighted by Gasteiger charge is 2.16.